The Hall–Kier alpha value is -1.06. The first kappa shape index (κ1) is 10.5. The van der Waals surface area contributed by atoms with Gasteiger partial charge in [0.25, 0.3) is 0 Å². The molecule has 1 atom stereocenters. The van der Waals surface area contributed by atoms with Crippen molar-refractivity contribution in [3.8, 4) is 5.75 Å². The highest BCUT2D eigenvalue weighted by Crippen LogP contribution is 2.25. The Kier molecular flexibility index (Phi) is 3.23. The van der Waals surface area contributed by atoms with Crippen LogP contribution in [0.25, 0.3) is 0 Å². The molecule has 3 N–H and O–H groups in total. The minimum atomic E-state index is -0.567. The molecule has 0 aromatic heterocycles. The van der Waals surface area contributed by atoms with Crippen LogP contribution >= 0.6 is 0 Å². The van der Waals surface area contributed by atoms with Crippen LogP contribution in [0.2, 0.25) is 0 Å². The number of aliphatic hydroxyl groups excluding tert-OH is 1. The highest BCUT2D eigenvalue weighted by molar-refractivity contribution is 5.28. The Morgan fingerprint density at radius 1 is 1.33 bits per heavy atom. The van der Waals surface area contributed by atoms with E-state index < -0.39 is 6.10 Å². The van der Waals surface area contributed by atoms with Gasteiger partial charge in [-0.15, -0.1) is 0 Å². The lowest BCUT2D eigenvalue weighted by atomic mass is 9.96. The van der Waals surface area contributed by atoms with Crippen LogP contribution in [0.5, 0.6) is 5.75 Å². The van der Waals surface area contributed by atoms with E-state index in [0.29, 0.717) is 6.10 Å². The van der Waals surface area contributed by atoms with Gasteiger partial charge in [-0.1, -0.05) is 12.1 Å². The molecule has 1 aromatic carbocycles. The first-order chi connectivity index (χ1) is 7.29. The number of aliphatic hydroxyl groups is 1. The SMILES string of the molecule is NCC(O)c1ccc(OC2CCC2)cc1. The van der Waals surface area contributed by atoms with E-state index in [4.69, 9.17) is 10.5 Å². The molecule has 0 heterocycles. The van der Waals surface area contributed by atoms with Crippen molar-refractivity contribution >= 4 is 0 Å². The number of hydrogen-bond donors (Lipinski definition) is 2. The molecule has 1 saturated carbocycles. The van der Waals surface area contributed by atoms with Crippen molar-refractivity contribution < 1.29 is 9.84 Å². The van der Waals surface area contributed by atoms with Gasteiger partial charge in [0.2, 0.25) is 0 Å². The molecule has 0 spiro atoms. The Balaban J connectivity index is 1.96. The van der Waals surface area contributed by atoms with Crippen molar-refractivity contribution in [2.24, 2.45) is 5.73 Å². The normalized spacial score (nSPS) is 18.3. The van der Waals surface area contributed by atoms with Crippen LogP contribution in [0.4, 0.5) is 0 Å². The molecule has 2 rings (SSSR count). The summed E-state index contributed by atoms with van der Waals surface area (Å²) >= 11 is 0. The summed E-state index contributed by atoms with van der Waals surface area (Å²) in [7, 11) is 0. The Labute approximate surface area is 89.9 Å². The van der Waals surface area contributed by atoms with Crippen LogP contribution in [0.1, 0.15) is 30.9 Å². The molecule has 0 radical (unpaired) electrons. The molecule has 3 nitrogen and oxygen atoms in total. The molecular formula is C12H17NO2. The van der Waals surface area contributed by atoms with E-state index >= 15 is 0 Å². The van der Waals surface area contributed by atoms with Gasteiger partial charge in [-0.2, -0.15) is 0 Å². The fourth-order valence-electron chi connectivity index (χ4n) is 1.59. The lowest BCUT2D eigenvalue weighted by molar-refractivity contribution is 0.120. The molecular weight excluding hydrogens is 190 g/mol. The molecule has 1 aromatic rings. The second kappa shape index (κ2) is 4.64. The summed E-state index contributed by atoms with van der Waals surface area (Å²) in [6.07, 6.45) is 3.42. The fourth-order valence-corrected chi connectivity index (χ4v) is 1.59. The Morgan fingerprint density at radius 2 is 2.00 bits per heavy atom. The second-order valence-electron chi connectivity index (χ2n) is 3.99. The van der Waals surface area contributed by atoms with Gasteiger partial charge in [-0.05, 0) is 37.0 Å². The molecule has 0 saturated heterocycles. The number of rotatable bonds is 4. The van der Waals surface area contributed by atoms with Crippen LogP contribution in [0.15, 0.2) is 24.3 Å². The van der Waals surface area contributed by atoms with Crippen molar-refractivity contribution in [2.45, 2.75) is 31.5 Å². The number of hydrogen-bond acceptors (Lipinski definition) is 3. The first-order valence-electron chi connectivity index (χ1n) is 5.44. The van der Waals surface area contributed by atoms with Crippen LogP contribution in [0.3, 0.4) is 0 Å². The lowest BCUT2D eigenvalue weighted by Gasteiger charge is -2.26. The third kappa shape index (κ3) is 2.49. The zero-order valence-electron chi connectivity index (χ0n) is 8.73. The second-order valence-corrected chi connectivity index (χ2v) is 3.99. The largest absolute Gasteiger partial charge is 0.490 e. The van der Waals surface area contributed by atoms with Gasteiger partial charge in [0, 0.05) is 6.54 Å². The van der Waals surface area contributed by atoms with Crippen LogP contribution in [0, 0.1) is 0 Å². The summed E-state index contributed by atoms with van der Waals surface area (Å²) in [4.78, 5) is 0. The molecule has 15 heavy (non-hydrogen) atoms. The predicted octanol–water partition coefficient (Wildman–Crippen LogP) is 1.61. The lowest BCUT2D eigenvalue weighted by Crippen LogP contribution is -2.24. The van der Waals surface area contributed by atoms with Crippen LogP contribution in [-0.4, -0.2) is 17.8 Å². The van der Waals surface area contributed by atoms with Crippen molar-refractivity contribution in [2.75, 3.05) is 6.54 Å². The summed E-state index contributed by atoms with van der Waals surface area (Å²) < 4.78 is 5.71. The van der Waals surface area contributed by atoms with E-state index in [-0.39, 0.29) is 6.54 Å². The zero-order chi connectivity index (χ0) is 10.7. The van der Waals surface area contributed by atoms with E-state index in [0.717, 1.165) is 24.2 Å². The maximum absolute atomic E-state index is 9.49. The number of nitrogens with two attached hydrogens (primary N) is 1. The summed E-state index contributed by atoms with van der Waals surface area (Å²) in [6, 6.07) is 7.52. The zero-order valence-corrected chi connectivity index (χ0v) is 8.73. The third-order valence-corrected chi connectivity index (χ3v) is 2.84. The highest BCUT2D eigenvalue weighted by atomic mass is 16.5. The van der Waals surface area contributed by atoms with Crippen molar-refractivity contribution in [1.82, 2.24) is 0 Å². The summed E-state index contributed by atoms with van der Waals surface area (Å²) in [5.74, 6) is 0.882. The molecule has 1 aliphatic rings. The molecule has 82 valence electrons. The van der Waals surface area contributed by atoms with Gasteiger partial charge < -0.3 is 15.6 Å². The Morgan fingerprint density at radius 3 is 2.47 bits per heavy atom. The smallest absolute Gasteiger partial charge is 0.119 e. The van der Waals surface area contributed by atoms with Gasteiger partial charge in [0.1, 0.15) is 5.75 Å². The summed E-state index contributed by atoms with van der Waals surface area (Å²) in [6.45, 7) is 0.253. The quantitative estimate of drug-likeness (QED) is 0.788. The third-order valence-electron chi connectivity index (χ3n) is 2.84. The molecule has 3 heteroatoms. The summed E-state index contributed by atoms with van der Waals surface area (Å²) in [5.41, 5.74) is 6.22. The predicted molar refractivity (Wildman–Crippen MR) is 58.7 cm³/mol. The fraction of sp³-hybridized carbons (Fsp3) is 0.500. The number of ether oxygens (including phenoxy) is 1. The van der Waals surface area contributed by atoms with Gasteiger partial charge in [-0.3, -0.25) is 0 Å². The van der Waals surface area contributed by atoms with Gasteiger partial charge in [0.05, 0.1) is 12.2 Å². The van der Waals surface area contributed by atoms with Crippen LogP contribution < -0.4 is 10.5 Å². The van der Waals surface area contributed by atoms with Crippen LogP contribution in [-0.2, 0) is 0 Å². The summed E-state index contributed by atoms with van der Waals surface area (Å²) in [5, 5.41) is 9.49. The number of benzene rings is 1. The topological polar surface area (TPSA) is 55.5 Å². The molecule has 1 unspecified atom stereocenters. The molecule has 0 aliphatic heterocycles. The standard InChI is InChI=1S/C12H17NO2/c13-8-12(14)9-4-6-11(7-5-9)15-10-2-1-3-10/h4-7,10,12,14H,1-3,8,13H2. The van der Waals surface area contributed by atoms with Gasteiger partial charge >= 0.3 is 0 Å². The van der Waals surface area contributed by atoms with E-state index in [1.807, 2.05) is 24.3 Å². The van der Waals surface area contributed by atoms with E-state index in [1.54, 1.807) is 0 Å². The molecule has 1 fully saturated rings. The van der Waals surface area contributed by atoms with Gasteiger partial charge in [-0.25, -0.2) is 0 Å². The Bertz CT molecular complexity index is 306. The molecule has 1 aliphatic carbocycles. The van der Waals surface area contributed by atoms with E-state index in [2.05, 4.69) is 0 Å². The minimum Gasteiger partial charge on any atom is -0.490 e. The highest BCUT2D eigenvalue weighted by Gasteiger charge is 2.18. The maximum atomic E-state index is 9.49. The minimum absolute atomic E-state index is 0.253. The van der Waals surface area contributed by atoms with Gasteiger partial charge in [0.15, 0.2) is 0 Å². The average molecular weight is 207 g/mol. The molecule has 0 amide bonds. The average Bonchev–Trinajstić information content (AvgIpc) is 2.23. The first-order valence-corrected chi connectivity index (χ1v) is 5.44. The maximum Gasteiger partial charge on any atom is 0.119 e. The van der Waals surface area contributed by atoms with E-state index in [1.165, 1.54) is 6.42 Å². The van der Waals surface area contributed by atoms with E-state index in [9.17, 15) is 5.11 Å². The van der Waals surface area contributed by atoms with Crippen molar-refractivity contribution in [3.05, 3.63) is 29.8 Å². The monoisotopic (exact) mass is 207 g/mol. The molecule has 0 bridgehead atoms. The van der Waals surface area contributed by atoms with Crippen molar-refractivity contribution in [1.29, 1.82) is 0 Å². The van der Waals surface area contributed by atoms with Crippen molar-refractivity contribution in [3.63, 3.8) is 0 Å².